The third-order valence-electron chi connectivity index (χ3n) is 2.22. The van der Waals surface area contributed by atoms with E-state index in [0.717, 1.165) is 0 Å². The molecule has 0 radical (unpaired) electrons. The molecule has 2 heterocycles. The summed E-state index contributed by atoms with van der Waals surface area (Å²) in [7, 11) is 0. The lowest BCUT2D eigenvalue weighted by Gasteiger charge is -2.17. The van der Waals surface area contributed by atoms with Crippen LogP contribution in [0.2, 0.25) is 0 Å². The number of carboxylic acid groups (broad SMARTS) is 1. The molecule has 0 spiro atoms. The van der Waals surface area contributed by atoms with Crippen LogP contribution in [0.1, 0.15) is 10.4 Å². The number of carbonyl (C=O) groups is 1. The summed E-state index contributed by atoms with van der Waals surface area (Å²) in [5, 5.41) is 12.5. The SMILES string of the molecule is O=C(O)c1ccc2c(c1)Oc1cscc1O2. The highest BCUT2D eigenvalue weighted by Gasteiger charge is 2.20. The average molecular weight is 234 g/mol. The highest BCUT2D eigenvalue weighted by atomic mass is 32.1. The van der Waals surface area contributed by atoms with Crippen molar-refractivity contribution in [1.82, 2.24) is 0 Å². The second kappa shape index (κ2) is 3.24. The monoisotopic (exact) mass is 234 g/mol. The van der Waals surface area contributed by atoms with E-state index in [1.807, 2.05) is 10.8 Å². The van der Waals surface area contributed by atoms with Gasteiger partial charge in [0.05, 0.1) is 5.56 Å². The second-order valence-corrected chi connectivity index (χ2v) is 4.01. The van der Waals surface area contributed by atoms with Crippen LogP contribution < -0.4 is 9.47 Å². The van der Waals surface area contributed by atoms with Crippen LogP contribution >= 0.6 is 11.3 Å². The Morgan fingerprint density at radius 3 is 2.44 bits per heavy atom. The molecule has 1 aromatic heterocycles. The van der Waals surface area contributed by atoms with E-state index in [4.69, 9.17) is 14.6 Å². The van der Waals surface area contributed by atoms with Crippen molar-refractivity contribution in [3.63, 3.8) is 0 Å². The Labute approximate surface area is 94.7 Å². The van der Waals surface area contributed by atoms with Gasteiger partial charge in [-0.1, -0.05) is 0 Å². The van der Waals surface area contributed by atoms with Gasteiger partial charge in [0, 0.05) is 10.8 Å². The maximum atomic E-state index is 10.8. The fraction of sp³-hybridized carbons (Fsp3) is 0. The Morgan fingerprint density at radius 1 is 1.06 bits per heavy atom. The molecule has 1 aromatic carbocycles. The van der Waals surface area contributed by atoms with Gasteiger partial charge in [-0.25, -0.2) is 4.79 Å². The largest absolute Gasteiger partial charge is 0.478 e. The van der Waals surface area contributed by atoms with E-state index in [0.29, 0.717) is 23.0 Å². The standard InChI is InChI=1S/C11H6O4S/c12-11(13)6-1-2-7-8(3-6)15-10-5-16-4-9(10)14-7/h1-5H,(H,12,13). The fourth-order valence-electron chi connectivity index (χ4n) is 1.46. The third-order valence-corrected chi connectivity index (χ3v) is 2.92. The van der Waals surface area contributed by atoms with E-state index < -0.39 is 5.97 Å². The second-order valence-electron chi connectivity index (χ2n) is 3.27. The number of rotatable bonds is 1. The van der Waals surface area contributed by atoms with Crippen LogP contribution in [0.15, 0.2) is 29.0 Å². The average Bonchev–Trinajstić information content (AvgIpc) is 2.71. The van der Waals surface area contributed by atoms with Crippen LogP contribution in [0, 0.1) is 0 Å². The number of thiophene rings is 1. The van der Waals surface area contributed by atoms with Gasteiger partial charge in [0.1, 0.15) is 0 Å². The molecule has 0 atom stereocenters. The lowest BCUT2D eigenvalue weighted by molar-refractivity contribution is 0.0696. The molecule has 0 saturated heterocycles. The molecule has 0 aliphatic carbocycles. The summed E-state index contributed by atoms with van der Waals surface area (Å²) in [6.07, 6.45) is 0. The highest BCUT2D eigenvalue weighted by molar-refractivity contribution is 7.08. The Morgan fingerprint density at radius 2 is 1.75 bits per heavy atom. The first-order valence-electron chi connectivity index (χ1n) is 4.53. The van der Waals surface area contributed by atoms with Crippen LogP contribution in [0.4, 0.5) is 0 Å². The van der Waals surface area contributed by atoms with Crippen LogP contribution in [-0.2, 0) is 0 Å². The smallest absolute Gasteiger partial charge is 0.335 e. The van der Waals surface area contributed by atoms with Gasteiger partial charge < -0.3 is 14.6 Å². The van der Waals surface area contributed by atoms with E-state index in [1.54, 1.807) is 6.07 Å². The van der Waals surface area contributed by atoms with Crippen molar-refractivity contribution in [2.75, 3.05) is 0 Å². The normalized spacial score (nSPS) is 12.0. The fourth-order valence-corrected chi connectivity index (χ4v) is 2.11. The van der Waals surface area contributed by atoms with E-state index in [1.165, 1.54) is 23.5 Å². The van der Waals surface area contributed by atoms with Crippen molar-refractivity contribution in [3.05, 3.63) is 34.5 Å². The molecule has 0 fully saturated rings. The van der Waals surface area contributed by atoms with Gasteiger partial charge in [-0.3, -0.25) is 0 Å². The van der Waals surface area contributed by atoms with Crippen molar-refractivity contribution >= 4 is 17.3 Å². The van der Waals surface area contributed by atoms with Gasteiger partial charge in [-0.15, -0.1) is 11.3 Å². The summed E-state index contributed by atoms with van der Waals surface area (Å²) < 4.78 is 11.1. The van der Waals surface area contributed by atoms with Gasteiger partial charge in [0.2, 0.25) is 0 Å². The molecule has 0 bridgehead atoms. The van der Waals surface area contributed by atoms with Gasteiger partial charge in [0.25, 0.3) is 0 Å². The number of hydrogen-bond acceptors (Lipinski definition) is 4. The molecule has 3 rings (SSSR count). The highest BCUT2D eigenvalue weighted by Crippen LogP contribution is 2.47. The number of ether oxygens (including phenoxy) is 2. The van der Waals surface area contributed by atoms with Gasteiger partial charge >= 0.3 is 5.97 Å². The number of fused-ring (bicyclic) bond motifs is 2. The van der Waals surface area contributed by atoms with Crippen LogP contribution in [-0.4, -0.2) is 11.1 Å². The molecule has 0 amide bonds. The molecule has 16 heavy (non-hydrogen) atoms. The van der Waals surface area contributed by atoms with Gasteiger partial charge in [-0.2, -0.15) is 0 Å². The molecule has 4 nitrogen and oxygen atoms in total. The molecule has 5 heteroatoms. The van der Waals surface area contributed by atoms with Gasteiger partial charge in [-0.05, 0) is 18.2 Å². The maximum absolute atomic E-state index is 10.8. The predicted molar refractivity (Wildman–Crippen MR) is 57.9 cm³/mol. The molecule has 80 valence electrons. The molecule has 1 N–H and O–H groups in total. The van der Waals surface area contributed by atoms with Crippen LogP contribution in [0.3, 0.4) is 0 Å². The Balaban J connectivity index is 2.06. The molecule has 1 aliphatic rings. The third kappa shape index (κ3) is 1.33. The number of aromatic carboxylic acids is 1. The van der Waals surface area contributed by atoms with Crippen molar-refractivity contribution in [3.8, 4) is 23.0 Å². The van der Waals surface area contributed by atoms with E-state index in [9.17, 15) is 4.79 Å². The van der Waals surface area contributed by atoms with Crippen LogP contribution in [0.25, 0.3) is 0 Å². The summed E-state index contributed by atoms with van der Waals surface area (Å²) in [6.45, 7) is 0. The summed E-state index contributed by atoms with van der Waals surface area (Å²) in [6, 6.07) is 4.54. The van der Waals surface area contributed by atoms with Crippen molar-refractivity contribution < 1.29 is 19.4 Å². The number of hydrogen-bond donors (Lipinski definition) is 1. The minimum atomic E-state index is -0.984. The first kappa shape index (κ1) is 9.23. The summed E-state index contributed by atoms with van der Waals surface area (Å²) in [5.41, 5.74) is 0.182. The van der Waals surface area contributed by atoms with E-state index in [-0.39, 0.29) is 5.56 Å². The summed E-state index contributed by atoms with van der Waals surface area (Å²) in [5.74, 6) is 1.28. The lowest BCUT2D eigenvalue weighted by atomic mass is 10.2. The topological polar surface area (TPSA) is 55.8 Å². The van der Waals surface area contributed by atoms with Crippen LogP contribution in [0.5, 0.6) is 23.0 Å². The molecular formula is C11H6O4S. The lowest BCUT2D eigenvalue weighted by Crippen LogP contribution is -2.00. The summed E-state index contributed by atoms with van der Waals surface area (Å²) >= 11 is 1.47. The summed E-state index contributed by atoms with van der Waals surface area (Å²) in [4.78, 5) is 10.8. The van der Waals surface area contributed by atoms with Crippen molar-refractivity contribution in [2.24, 2.45) is 0 Å². The zero-order chi connectivity index (χ0) is 11.1. The number of benzene rings is 1. The Kier molecular flexibility index (Phi) is 1.87. The zero-order valence-corrected chi connectivity index (χ0v) is 8.78. The minimum absolute atomic E-state index is 0.182. The van der Waals surface area contributed by atoms with E-state index >= 15 is 0 Å². The quantitative estimate of drug-likeness (QED) is 0.701. The Bertz CT molecular complexity index is 573. The first-order valence-corrected chi connectivity index (χ1v) is 5.47. The van der Waals surface area contributed by atoms with E-state index in [2.05, 4.69) is 0 Å². The zero-order valence-electron chi connectivity index (χ0n) is 7.97. The first-order chi connectivity index (χ1) is 7.74. The minimum Gasteiger partial charge on any atom is -0.478 e. The number of carboxylic acids is 1. The Hall–Kier alpha value is -2.01. The predicted octanol–water partition coefficient (Wildman–Crippen LogP) is 3.34. The molecule has 2 aromatic rings. The molecule has 0 unspecified atom stereocenters. The molecule has 0 saturated carbocycles. The van der Waals surface area contributed by atoms with Crippen molar-refractivity contribution in [1.29, 1.82) is 0 Å². The molecular weight excluding hydrogens is 228 g/mol. The maximum Gasteiger partial charge on any atom is 0.335 e. The van der Waals surface area contributed by atoms with Gasteiger partial charge in [0.15, 0.2) is 23.0 Å². The van der Waals surface area contributed by atoms with Crippen molar-refractivity contribution in [2.45, 2.75) is 0 Å². The molecule has 1 aliphatic heterocycles.